The number of amides is 3. The predicted octanol–water partition coefficient (Wildman–Crippen LogP) is 4.99. The van der Waals surface area contributed by atoms with Crippen LogP contribution in [0.4, 0.5) is 10.7 Å². The maximum absolute atomic E-state index is 13.7. The van der Waals surface area contributed by atoms with E-state index < -0.39 is 33.0 Å². The van der Waals surface area contributed by atoms with Crippen LogP contribution < -0.4 is 20.1 Å². The fraction of sp³-hybridized carbons (Fsp3) is 0.486. The highest BCUT2D eigenvalue weighted by atomic mass is 32.2. The molecule has 2 aliphatic heterocycles. The molecule has 2 atom stereocenters. The van der Waals surface area contributed by atoms with E-state index in [0.717, 1.165) is 16.7 Å². The third-order valence-corrected chi connectivity index (χ3v) is 11.2. The Morgan fingerprint density at radius 3 is 2.43 bits per heavy atom. The van der Waals surface area contributed by atoms with Gasteiger partial charge in [-0.3, -0.25) is 9.59 Å². The van der Waals surface area contributed by atoms with E-state index >= 15 is 0 Å². The quantitative estimate of drug-likeness (QED) is 0.338. The van der Waals surface area contributed by atoms with E-state index in [2.05, 4.69) is 25.3 Å². The van der Waals surface area contributed by atoms with E-state index in [1.807, 2.05) is 57.7 Å². The van der Waals surface area contributed by atoms with Crippen LogP contribution in [0.1, 0.15) is 74.4 Å². The minimum Gasteiger partial charge on any atom is -0.477 e. The molecule has 1 spiro atoms. The van der Waals surface area contributed by atoms with E-state index in [-0.39, 0.29) is 53.3 Å². The Morgan fingerprint density at radius 2 is 1.73 bits per heavy atom. The van der Waals surface area contributed by atoms with Crippen LogP contribution in [0.2, 0.25) is 0 Å². The maximum atomic E-state index is 13.7. The summed E-state index contributed by atoms with van der Waals surface area (Å²) >= 11 is 0. The first-order chi connectivity index (χ1) is 24.1. The summed E-state index contributed by atoms with van der Waals surface area (Å²) in [5.74, 6) is -0.513. The summed E-state index contributed by atoms with van der Waals surface area (Å²) in [7, 11) is -4.15. The molecule has 14 heteroatoms. The Bertz CT molecular complexity index is 1920. The Morgan fingerprint density at radius 1 is 1.02 bits per heavy atom. The molecule has 3 amide bonds. The van der Waals surface area contributed by atoms with E-state index in [4.69, 9.17) is 9.47 Å². The molecule has 13 nitrogen and oxygen atoms in total. The van der Waals surface area contributed by atoms with Gasteiger partial charge in [-0.05, 0) is 96.0 Å². The van der Waals surface area contributed by atoms with Crippen molar-refractivity contribution in [3.63, 3.8) is 0 Å². The first-order valence-electron chi connectivity index (χ1n) is 17.4. The van der Waals surface area contributed by atoms with E-state index in [1.165, 1.54) is 18.2 Å². The van der Waals surface area contributed by atoms with Gasteiger partial charge in [-0.15, -0.1) is 0 Å². The van der Waals surface area contributed by atoms with E-state index in [1.54, 1.807) is 12.1 Å². The predicted molar refractivity (Wildman–Crippen MR) is 191 cm³/mol. The fourth-order valence-corrected chi connectivity index (χ4v) is 8.10. The van der Waals surface area contributed by atoms with Crippen molar-refractivity contribution in [1.82, 2.24) is 25.5 Å². The van der Waals surface area contributed by atoms with Crippen molar-refractivity contribution in [3.05, 3.63) is 65.2 Å². The van der Waals surface area contributed by atoms with Gasteiger partial charge in [-0.2, -0.15) is 4.98 Å². The lowest BCUT2D eigenvalue weighted by molar-refractivity contribution is -0.138. The first kappa shape index (κ1) is 36.1. The van der Waals surface area contributed by atoms with Gasteiger partial charge >= 0.3 is 6.09 Å². The highest BCUT2D eigenvalue weighted by Crippen LogP contribution is 2.36. The van der Waals surface area contributed by atoms with Crippen molar-refractivity contribution in [3.8, 4) is 17.1 Å². The molecule has 3 aromatic rings. The molecule has 1 saturated carbocycles. The molecule has 1 aliphatic carbocycles. The smallest absolute Gasteiger partial charge is 0.407 e. The Hall–Kier alpha value is -4.72. The van der Waals surface area contributed by atoms with Crippen LogP contribution in [-0.2, 0) is 19.6 Å². The number of rotatable bonds is 3. The number of carbonyl (C=O) groups is 3. The van der Waals surface area contributed by atoms with E-state index in [0.29, 0.717) is 50.9 Å². The van der Waals surface area contributed by atoms with Crippen molar-refractivity contribution >= 4 is 33.9 Å². The molecule has 3 N–H and O–H groups in total. The third kappa shape index (κ3) is 8.43. The Labute approximate surface area is 299 Å². The summed E-state index contributed by atoms with van der Waals surface area (Å²) in [5.41, 5.74) is 2.32. The highest BCUT2D eigenvalue weighted by Gasteiger charge is 2.41. The number of nitrogens with zero attached hydrogens (tertiary/aromatic N) is 3. The minimum absolute atomic E-state index is 0.0620. The molecule has 1 saturated heterocycles. The van der Waals surface area contributed by atoms with Crippen molar-refractivity contribution in [2.24, 2.45) is 11.3 Å². The van der Waals surface area contributed by atoms with Crippen LogP contribution in [0, 0.1) is 25.2 Å². The molecule has 3 aliphatic rings. The average Bonchev–Trinajstić information content (AvgIpc) is 3.53. The van der Waals surface area contributed by atoms with Crippen LogP contribution in [0.15, 0.2) is 53.4 Å². The zero-order valence-electron chi connectivity index (χ0n) is 29.7. The maximum Gasteiger partial charge on any atom is 0.407 e. The second kappa shape index (κ2) is 14.1. The molecule has 2 aromatic carbocycles. The SMILES string of the molecule is Cc1cccc(C)c1-c1cc2nc(n1)NS(=O)(=O)c1cccc(c1)C(=O)NCC1(CCN(C(=O)C3CC[C@@H](NC(=O)OC(C)(C)C)C3)CC1)CO2. The number of alkyl carbamates (subject to hydrolysis) is 1. The lowest BCUT2D eigenvalue weighted by Gasteiger charge is -2.42. The molecule has 51 heavy (non-hydrogen) atoms. The molecule has 1 aromatic heterocycles. The number of anilines is 1. The summed E-state index contributed by atoms with van der Waals surface area (Å²) in [4.78, 5) is 50.1. The van der Waals surface area contributed by atoms with Crippen LogP contribution in [0.3, 0.4) is 0 Å². The number of hydrogen-bond acceptors (Lipinski definition) is 9. The normalized spacial score (nSPS) is 21.4. The molecular weight excluding hydrogens is 673 g/mol. The lowest BCUT2D eigenvalue weighted by Crippen LogP contribution is -2.51. The second-order valence-electron chi connectivity index (χ2n) is 15.0. The van der Waals surface area contributed by atoms with Crippen molar-refractivity contribution in [1.29, 1.82) is 0 Å². The number of ether oxygens (including phenoxy) is 2. The van der Waals surface area contributed by atoms with Crippen molar-refractivity contribution in [2.75, 3.05) is 31.0 Å². The lowest BCUT2D eigenvalue weighted by atomic mass is 9.78. The van der Waals surface area contributed by atoms with Gasteiger partial charge in [-0.1, -0.05) is 24.3 Å². The van der Waals surface area contributed by atoms with Crippen LogP contribution in [0.5, 0.6) is 5.88 Å². The number of nitrogens with one attached hydrogen (secondary N) is 3. The number of aryl methyl sites for hydroxylation is 2. The first-order valence-corrected chi connectivity index (χ1v) is 18.9. The van der Waals surface area contributed by atoms with Gasteiger partial charge in [0.2, 0.25) is 17.7 Å². The highest BCUT2D eigenvalue weighted by molar-refractivity contribution is 7.92. The fourth-order valence-electron chi connectivity index (χ4n) is 7.11. The van der Waals surface area contributed by atoms with Gasteiger partial charge in [-0.25, -0.2) is 22.9 Å². The monoisotopic (exact) mass is 718 g/mol. The van der Waals surface area contributed by atoms with E-state index in [9.17, 15) is 22.8 Å². The van der Waals surface area contributed by atoms with Gasteiger partial charge in [0.15, 0.2) is 0 Å². The standard InChI is InChI=1S/C37H46N6O7S/c1-23-8-6-9-24(2)31(23)29-20-30-41-34(40-29)42-51(47,48)28-11-7-10-25(19-28)32(44)38-21-37(22-49-30)14-16-43(17-15-37)33(45)26-12-13-27(18-26)39-35(46)50-36(3,4)5/h6-11,19-20,26-27H,12-18,21-22H2,1-5H3,(H,38,44)(H,39,46)(H,40,41,42)/t26?,27-/m1/s1. The molecule has 6 rings (SSSR count). The van der Waals surface area contributed by atoms with Crippen LogP contribution >= 0.6 is 0 Å². The number of likely N-dealkylation sites (tertiary alicyclic amines) is 1. The molecule has 1 unspecified atom stereocenters. The average molecular weight is 719 g/mol. The summed E-state index contributed by atoms with van der Waals surface area (Å²) in [6.45, 7) is 10.7. The van der Waals surface area contributed by atoms with Gasteiger partial charge in [0.25, 0.3) is 15.9 Å². The van der Waals surface area contributed by atoms with Crippen molar-refractivity contribution in [2.45, 2.75) is 83.3 Å². The summed E-state index contributed by atoms with van der Waals surface area (Å²) < 4.78 is 41.1. The van der Waals surface area contributed by atoms with Gasteiger partial charge < -0.3 is 25.0 Å². The Kier molecular flexibility index (Phi) is 9.99. The molecule has 2 fully saturated rings. The minimum atomic E-state index is -4.15. The van der Waals surface area contributed by atoms with Crippen LogP contribution in [-0.4, -0.2) is 79.1 Å². The van der Waals surface area contributed by atoms with Crippen LogP contribution in [0.25, 0.3) is 11.3 Å². The van der Waals surface area contributed by atoms with Crippen molar-refractivity contribution < 1.29 is 32.3 Å². The molecule has 272 valence electrons. The number of sulfonamides is 1. The number of benzene rings is 2. The Balaban J connectivity index is 1.23. The molecule has 4 bridgehead atoms. The molecular formula is C37H46N6O7S. The van der Waals surface area contributed by atoms with Gasteiger partial charge in [0, 0.05) is 54.2 Å². The zero-order valence-corrected chi connectivity index (χ0v) is 30.6. The third-order valence-electron chi connectivity index (χ3n) is 9.86. The zero-order chi connectivity index (χ0) is 36.6. The number of aromatic nitrogens is 2. The summed E-state index contributed by atoms with van der Waals surface area (Å²) in [6, 6.07) is 13.3. The second-order valence-corrected chi connectivity index (χ2v) is 16.6. The summed E-state index contributed by atoms with van der Waals surface area (Å²) in [6.07, 6.45) is 2.58. The summed E-state index contributed by atoms with van der Waals surface area (Å²) in [5, 5.41) is 5.92. The molecule has 0 radical (unpaired) electrons. The number of fused-ring (bicyclic) bond motifs is 4. The number of hydrogen-bond donors (Lipinski definition) is 3. The molecule has 3 heterocycles. The largest absolute Gasteiger partial charge is 0.477 e. The van der Waals surface area contributed by atoms with Gasteiger partial charge in [0.1, 0.15) is 5.60 Å². The number of piperidine rings is 1. The van der Waals surface area contributed by atoms with Gasteiger partial charge in [0.05, 0.1) is 17.2 Å². The number of carbonyl (C=O) groups excluding carboxylic acids is 3. The topological polar surface area (TPSA) is 169 Å².